The summed E-state index contributed by atoms with van der Waals surface area (Å²) in [6.07, 6.45) is -1.31. The Kier molecular flexibility index (Phi) is 11.0. The highest BCUT2D eigenvalue weighted by Crippen LogP contribution is 2.39. The third-order valence-corrected chi connectivity index (χ3v) is 5.78. The van der Waals surface area contributed by atoms with Crippen molar-refractivity contribution in [3.05, 3.63) is 71.3 Å². The number of rotatable bonds is 10. The Bertz CT molecular complexity index is 1560. The molecule has 0 aromatic heterocycles. The number of carbonyl (C=O) groups is 4. The summed E-state index contributed by atoms with van der Waals surface area (Å²) in [5, 5.41) is 19.1. The molecule has 0 saturated heterocycles. The lowest BCUT2D eigenvalue weighted by Gasteiger charge is -2.20. The van der Waals surface area contributed by atoms with E-state index in [9.17, 15) is 24.3 Å². The normalized spacial score (nSPS) is 11.1. The van der Waals surface area contributed by atoms with Gasteiger partial charge in [-0.3, -0.25) is 14.9 Å². The fraction of sp³-hybridized carbons (Fsp3) is 0.333. The molecule has 0 fully saturated rings. The number of aromatic hydroxyl groups is 1. The van der Waals surface area contributed by atoms with Gasteiger partial charge in [0.15, 0.2) is 11.5 Å². The fourth-order valence-electron chi connectivity index (χ4n) is 3.94. The van der Waals surface area contributed by atoms with Crippen LogP contribution in [-0.4, -0.2) is 53.9 Å². The summed E-state index contributed by atoms with van der Waals surface area (Å²) in [7, 11) is 1.26. The molecule has 0 aliphatic heterocycles. The Morgan fingerprint density at radius 1 is 0.733 bits per heavy atom. The Balaban J connectivity index is 1.84. The van der Waals surface area contributed by atoms with Gasteiger partial charge in [0.2, 0.25) is 0 Å². The lowest BCUT2D eigenvalue weighted by atomic mass is 10.1. The van der Waals surface area contributed by atoms with Gasteiger partial charge < -0.3 is 34.7 Å². The van der Waals surface area contributed by atoms with E-state index in [1.165, 1.54) is 49.6 Å². The van der Waals surface area contributed by atoms with Crippen LogP contribution in [0.1, 0.15) is 79.5 Å². The van der Waals surface area contributed by atoms with Crippen molar-refractivity contribution in [2.45, 2.75) is 66.3 Å². The number of esters is 1. The number of amides is 3. The van der Waals surface area contributed by atoms with Crippen LogP contribution in [0, 0.1) is 0 Å². The van der Waals surface area contributed by atoms with Gasteiger partial charge in [0.1, 0.15) is 11.4 Å². The second-order valence-corrected chi connectivity index (χ2v) is 11.5. The third-order valence-electron chi connectivity index (χ3n) is 5.78. The van der Waals surface area contributed by atoms with Crippen molar-refractivity contribution >= 4 is 40.9 Å². The predicted molar refractivity (Wildman–Crippen MR) is 170 cm³/mol. The minimum atomic E-state index is -0.688. The number of hydrogen-bond donors (Lipinski definition) is 4. The molecule has 3 rings (SSSR count). The molecule has 3 aromatic carbocycles. The van der Waals surface area contributed by atoms with E-state index in [1.54, 1.807) is 60.6 Å². The molecule has 12 heteroatoms. The van der Waals surface area contributed by atoms with E-state index in [0.29, 0.717) is 5.69 Å². The van der Waals surface area contributed by atoms with Crippen molar-refractivity contribution in [1.82, 2.24) is 0 Å². The van der Waals surface area contributed by atoms with Crippen LogP contribution in [0.4, 0.5) is 21.9 Å². The molecule has 0 aliphatic rings. The summed E-state index contributed by atoms with van der Waals surface area (Å²) in [6, 6.07) is 13.3. The lowest BCUT2D eigenvalue weighted by molar-refractivity contribution is 0.0597. The standard InChI is InChI=1S/C33H39N3O9/c1-18(2)43-26-17-21(31(40)42-8)11-15-24(26)35-30(39)23-14-16-25(28(27(23)37)44-19(3)4)36-29(38)20-9-12-22(13-10-20)34-32(41)45-33(5,6)7/h9-19,37H,1-8H3,(H,34,41)(H,35,39)(H,36,38). The average molecular weight is 622 g/mol. The molecule has 3 amide bonds. The molecule has 0 radical (unpaired) electrons. The molecule has 240 valence electrons. The molecular weight excluding hydrogens is 582 g/mol. The van der Waals surface area contributed by atoms with Gasteiger partial charge in [-0.05, 0) is 103 Å². The van der Waals surface area contributed by atoms with Gasteiger partial charge in [0.05, 0.1) is 41.8 Å². The van der Waals surface area contributed by atoms with Crippen LogP contribution >= 0.6 is 0 Å². The third kappa shape index (κ3) is 9.62. The first kappa shape index (κ1) is 34.2. The fourth-order valence-corrected chi connectivity index (χ4v) is 3.94. The Morgan fingerprint density at radius 2 is 1.31 bits per heavy atom. The highest BCUT2D eigenvalue weighted by molar-refractivity contribution is 6.10. The zero-order valence-corrected chi connectivity index (χ0v) is 26.6. The van der Waals surface area contributed by atoms with Gasteiger partial charge in [0, 0.05) is 11.3 Å². The van der Waals surface area contributed by atoms with Crippen molar-refractivity contribution in [2.75, 3.05) is 23.1 Å². The lowest BCUT2D eigenvalue weighted by Crippen LogP contribution is -2.27. The number of anilines is 3. The Morgan fingerprint density at radius 3 is 1.89 bits per heavy atom. The van der Waals surface area contributed by atoms with Crippen molar-refractivity contribution < 1.29 is 43.2 Å². The number of hydrogen-bond acceptors (Lipinski definition) is 9. The van der Waals surface area contributed by atoms with Crippen molar-refractivity contribution in [3.8, 4) is 17.2 Å². The minimum absolute atomic E-state index is 0.103. The van der Waals surface area contributed by atoms with Gasteiger partial charge >= 0.3 is 12.1 Å². The Hall–Kier alpha value is -5.26. The maximum atomic E-state index is 13.3. The van der Waals surface area contributed by atoms with Gasteiger partial charge in [-0.15, -0.1) is 0 Å². The van der Waals surface area contributed by atoms with Gasteiger partial charge in [-0.25, -0.2) is 9.59 Å². The number of phenols is 1. The number of ether oxygens (including phenoxy) is 4. The minimum Gasteiger partial charge on any atom is -0.504 e. The summed E-state index contributed by atoms with van der Waals surface area (Å²) in [5.74, 6) is -2.14. The van der Waals surface area contributed by atoms with E-state index in [1.807, 2.05) is 0 Å². The molecule has 3 aromatic rings. The second kappa shape index (κ2) is 14.5. The highest BCUT2D eigenvalue weighted by atomic mass is 16.6. The van der Waals surface area contributed by atoms with Crippen LogP contribution in [0.5, 0.6) is 17.2 Å². The van der Waals surface area contributed by atoms with E-state index < -0.39 is 41.3 Å². The molecule has 4 N–H and O–H groups in total. The monoisotopic (exact) mass is 621 g/mol. The molecule has 0 unspecified atom stereocenters. The number of carbonyl (C=O) groups excluding carboxylic acids is 4. The van der Waals surface area contributed by atoms with Crippen molar-refractivity contribution in [1.29, 1.82) is 0 Å². The number of nitrogens with one attached hydrogen (secondary N) is 3. The molecule has 0 aliphatic carbocycles. The van der Waals surface area contributed by atoms with Crippen molar-refractivity contribution in [2.24, 2.45) is 0 Å². The predicted octanol–water partition coefficient (Wildman–Crippen LogP) is 6.60. The summed E-state index contributed by atoms with van der Waals surface area (Å²) in [5.41, 5.74) is 0.516. The molecular formula is C33H39N3O9. The van der Waals surface area contributed by atoms with Crippen LogP contribution < -0.4 is 25.4 Å². The van der Waals surface area contributed by atoms with Crippen LogP contribution in [0.2, 0.25) is 0 Å². The van der Waals surface area contributed by atoms with E-state index in [0.717, 1.165) is 0 Å². The van der Waals surface area contributed by atoms with E-state index in [2.05, 4.69) is 16.0 Å². The number of methoxy groups -OCH3 is 1. The van der Waals surface area contributed by atoms with Crippen LogP contribution in [0.25, 0.3) is 0 Å². The van der Waals surface area contributed by atoms with Gasteiger partial charge in [-0.1, -0.05) is 0 Å². The molecule has 0 atom stereocenters. The van der Waals surface area contributed by atoms with E-state index in [4.69, 9.17) is 18.9 Å². The van der Waals surface area contributed by atoms with E-state index >= 15 is 0 Å². The van der Waals surface area contributed by atoms with Crippen LogP contribution in [-0.2, 0) is 9.47 Å². The molecule has 0 heterocycles. The smallest absolute Gasteiger partial charge is 0.412 e. The highest BCUT2D eigenvalue weighted by Gasteiger charge is 2.23. The topological polar surface area (TPSA) is 162 Å². The molecule has 45 heavy (non-hydrogen) atoms. The zero-order chi connectivity index (χ0) is 33.5. The number of benzene rings is 3. The summed E-state index contributed by atoms with van der Waals surface area (Å²) in [6.45, 7) is 12.3. The SMILES string of the molecule is COC(=O)c1ccc(NC(=O)c2ccc(NC(=O)c3ccc(NC(=O)OC(C)(C)C)cc3)c(OC(C)C)c2O)c(OC(C)C)c1. The first-order valence-electron chi connectivity index (χ1n) is 14.2. The van der Waals surface area contributed by atoms with E-state index in [-0.39, 0.29) is 45.7 Å². The van der Waals surface area contributed by atoms with Crippen LogP contribution in [0.3, 0.4) is 0 Å². The molecule has 0 bridgehead atoms. The first-order valence-corrected chi connectivity index (χ1v) is 14.2. The quantitative estimate of drug-likeness (QED) is 0.183. The summed E-state index contributed by atoms with van der Waals surface area (Å²) >= 11 is 0. The van der Waals surface area contributed by atoms with Gasteiger partial charge in [-0.2, -0.15) is 0 Å². The molecule has 0 spiro atoms. The summed E-state index contributed by atoms with van der Waals surface area (Å²) in [4.78, 5) is 50.4. The molecule has 12 nitrogen and oxygen atoms in total. The first-order chi connectivity index (χ1) is 21.1. The van der Waals surface area contributed by atoms with Crippen molar-refractivity contribution in [3.63, 3.8) is 0 Å². The number of phenolic OH excluding ortho intramolecular Hbond substituents is 1. The zero-order valence-electron chi connectivity index (χ0n) is 26.6. The Labute approximate surface area is 262 Å². The van der Waals surface area contributed by atoms with Gasteiger partial charge in [0.25, 0.3) is 11.8 Å². The maximum Gasteiger partial charge on any atom is 0.412 e. The molecule has 0 saturated carbocycles. The largest absolute Gasteiger partial charge is 0.504 e. The second-order valence-electron chi connectivity index (χ2n) is 11.5. The average Bonchev–Trinajstić information content (AvgIpc) is 2.94. The van der Waals surface area contributed by atoms with Crippen LogP contribution in [0.15, 0.2) is 54.6 Å². The maximum absolute atomic E-state index is 13.3. The summed E-state index contributed by atoms with van der Waals surface area (Å²) < 4.78 is 21.6.